The maximum atomic E-state index is 12.5. The molecule has 5 nitrogen and oxygen atoms in total. The third-order valence-corrected chi connectivity index (χ3v) is 5.04. The average molecular weight is 319 g/mol. The van der Waals surface area contributed by atoms with Crippen LogP contribution in [0.1, 0.15) is 12.0 Å². The van der Waals surface area contributed by atoms with Gasteiger partial charge in [0.05, 0.1) is 0 Å². The highest BCUT2D eigenvalue weighted by Gasteiger charge is 2.51. The Morgan fingerprint density at radius 2 is 2.05 bits per heavy atom. The molecule has 1 aromatic carbocycles. The molecular weight excluding hydrogens is 297 g/mol. The molecule has 1 spiro atoms. The van der Waals surface area contributed by atoms with Gasteiger partial charge in [-0.2, -0.15) is 0 Å². The first-order valence-corrected chi connectivity index (χ1v) is 8.52. The number of carbonyl (C=O) groups is 2. The second-order valence-electron chi connectivity index (χ2n) is 5.96. The lowest BCUT2D eigenvalue weighted by Crippen LogP contribution is -2.66. The Balaban J connectivity index is 1.83. The van der Waals surface area contributed by atoms with Crippen molar-refractivity contribution in [2.75, 3.05) is 32.3 Å². The number of benzene rings is 1. The van der Waals surface area contributed by atoms with Gasteiger partial charge < -0.3 is 10.2 Å². The maximum Gasteiger partial charge on any atom is 0.242 e. The largest absolute Gasteiger partial charge is 0.354 e. The van der Waals surface area contributed by atoms with Gasteiger partial charge in [-0.15, -0.1) is 9.24 Å². The van der Waals surface area contributed by atoms with Gasteiger partial charge in [0.1, 0.15) is 5.54 Å². The standard InChI is InChI=1S/C16H22N3O2P/c20-14(11-22)18-8-9-19(10-13-4-2-1-3-5-13)16(12-18)6-7-17-15(16)21/h1-5H,6-12,22H2,(H,17,21). The zero-order chi connectivity index (χ0) is 15.6. The Morgan fingerprint density at radius 3 is 2.68 bits per heavy atom. The van der Waals surface area contributed by atoms with Gasteiger partial charge in [0.2, 0.25) is 11.8 Å². The SMILES string of the molecule is O=C(CP)N1CCN(Cc2ccccc2)C2(CCNC2=O)C1. The van der Waals surface area contributed by atoms with Gasteiger partial charge in [-0.1, -0.05) is 30.3 Å². The molecule has 2 heterocycles. The van der Waals surface area contributed by atoms with E-state index in [9.17, 15) is 9.59 Å². The molecule has 0 aliphatic carbocycles. The number of nitrogens with zero attached hydrogens (tertiary/aromatic N) is 2. The van der Waals surface area contributed by atoms with Gasteiger partial charge in [0, 0.05) is 38.9 Å². The molecule has 2 unspecified atom stereocenters. The third-order valence-electron chi connectivity index (χ3n) is 4.69. The van der Waals surface area contributed by atoms with Crippen molar-refractivity contribution in [1.29, 1.82) is 0 Å². The first kappa shape index (κ1) is 15.4. The number of hydrogen-bond donors (Lipinski definition) is 1. The van der Waals surface area contributed by atoms with Crippen LogP contribution in [0.3, 0.4) is 0 Å². The summed E-state index contributed by atoms with van der Waals surface area (Å²) in [5.41, 5.74) is 0.635. The van der Waals surface area contributed by atoms with Crippen molar-refractivity contribution in [1.82, 2.24) is 15.1 Å². The van der Waals surface area contributed by atoms with Crippen LogP contribution in [0.2, 0.25) is 0 Å². The van der Waals surface area contributed by atoms with Gasteiger partial charge in [-0.05, 0) is 12.0 Å². The Kier molecular flexibility index (Phi) is 4.46. The van der Waals surface area contributed by atoms with E-state index in [0.717, 1.165) is 19.5 Å². The average Bonchev–Trinajstić information content (AvgIpc) is 2.91. The number of nitrogens with one attached hydrogen (secondary N) is 1. The zero-order valence-corrected chi connectivity index (χ0v) is 13.8. The molecule has 0 bridgehead atoms. The van der Waals surface area contributed by atoms with Crippen molar-refractivity contribution in [3.63, 3.8) is 0 Å². The minimum Gasteiger partial charge on any atom is -0.354 e. The molecule has 22 heavy (non-hydrogen) atoms. The summed E-state index contributed by atoms with van der Waals surface area (Å²) in [4.78, 5) is 28.6. The Morgan fingerprint density at radius 1 is 1.27 bits per heavy atom. The van der Waals surface area contributed by atoms with Crippen LogP contribution in [0, 0.1) is 0 Å². The molecule has 1 N–H and O–H groups in total. The second kappa shape index (κ2) is 6.35. The van der Waals surface area contributed by atoms with E-state index in [0.29, 0.717) is 25.8 Å². The number of hydrogen-bond acceptors (Lipinski definition) is 3. The summed E-state index contributed by atoms with van der Waals surface area (Å²) in [5, 5.41) is 2.95. The predicted molar refractivity (Wildman–Crippen MR) is 88.4 cm³/mol. The lowest BCUT2D eigenvalue weighted by molar-refractivity contribution is -0.142. The van der Waals surface area contributed by atoms with Crippen LogP contribution in [-0.4, -0.2) is 59.5 Å². The van der Waals surface area contributed by atoms with E-state index in [1.54, 1.807) is 0 Å². The molecule has 2 atom stereocenters. The van der Waals surface area contributed by atoms with Crippen molar-refractivity contribution < 1.29 is 9.59 Å². The zero-order valence-electron chi connectivity index (χ0n) is 12.6. The van der Waals surface area contributed by atoms with Crippen molar-refractivity contribution in [3.05, 3.63) is 35.9 Å². The molecular formula is C16H22N3O2P. The Labute approximate surface area is 133 Å². The number of rotatable bonds is 3. The second-order valence-corrected chi connectivity index (χ2v) is 6.37. The fourth-order valence-corrected chi connectivity index (χ4v) is 3.70. The molecule has 2 amide bonds. The lowest BCUT2D eigenvalue weighted by atomic mass is 9.91. The molecule has 2 saturated heterocycles. The van der Waals surface area contributed by atoms with E-state index in [-0.39, 0.29) is 11.8 Å². The monoisotopic (exact) mass is 319 g/mol. The van der Waals surface area contributed by atoms with Crippen LogP contribution >= 0.6 is 9.24 Å². The van der Waals surface area contributed by atoms with Crippen molar-refractivity contribution in [3.8, 4) is 0 Å². The van der Waals surface area contributed by atoms with Crippen LogP contribution in [0.15, 0.2) is 30.3 Å². The normalized spacial score (nSPS) is 25.5. The molecule has 3 rings (SSSR count). The summed E-state index contributed by atoms with van der Waals surface area (Å²) < 4.78 is 0. The molecule has 6 heteroatoms. The fraction of sp³-hybridized carbons (Fsp3) is 0.500. The van der Waals surface area contributed by atoms with E-state index in [4.69, 9.17) is 0 Å². The fourth-order valence-electron chi connectivity index (χ4n) is 3.44. The molecule has 0 aromatic heterocycles. The lowest BCUT2D eigenvalue weighted by Gasteiger charge is -2.47. The highest BCUT2D eigenvalue weighted by molar-refractivity contribution is 7.18. The first-order chi connectivity index (χ1) is 10.7. The summed E-state index contributed by atoms with van der Waals surface area (Å²) in [7, 11) is 2.48. The molecule has 118 valence electrons. The minimum absolute atomic E-state index is 0.0599. The molecule has 1 aromatic rings. The van der Waals surface area contributed by atoms with E-state index < -0.39 is 5.54 Å². The molecule has 0 saturated carbocycles. The summed E-state index contributed by atoms with van der Waals surface area (Å²) in [6.07, 6.45) is 1.18. The maximum absolute atomic E-state index is 12.5. The van der Waals surface area contributed by atoms with E-state index in [1.165, 1.54) is 5.56 Å². The van der Waals surface area contributed by atoms with Crippen molar-refractivity contribution in [2.24, 2.45) is 0 Å². The highest BCUT2D eigenvalue weighted by atomic mass is 31.0. The quantitative estimate of drug-likeness (QED) is 0.824. The smallest absolute Gasteiger partial charge is 0.242 e. The van der Waals surface area contributed by atoms with Gasteiger partial charge in [-0.3, -0.25) is 14.5 Å². The van der Waals surface area contributed by atoms with Gasteiger partial charge in [0.15, 0.2) is 0 Å². The summed E-state index contributed by atoms with van der Waals surface area (Å²) >= 11 is 0. The molecule has 0 radical (unpaired) electrons. The van der Waals surface area contributed by atoms with Crippen LogP contribution in [-0.2, 0) is 16.1 Å². The summed E-state index contributed by atoms with van der Waals surface area (Å²) in [5.74, 6) is 0.160. The van der Waals surface area contributed by atoms with Crippen LogP contribution < -0.4 is 5.32 Å². The predicted octanol–water partition coefficient (Wildman–Crippen LogP) is 0.465. The number of carbonyl (C=O) groups excluding carboxylic acids is 2. The van der Waals surface area contributed by atoms with Crippen LogP contribution in [0.4, 0.5) is 0 Å². The topological polar surface area (TPSA) is 52.7 Å². The van der Waals surface area contributed by atoms with Crippen molar-refractivity contribution in [2.45, 2.75) is 18.5 Å². The van der Waals surface area contributed by atoms with Gasteiger partial charge >= 0.3 is 0 Å². The third kappa shape index (κ3) is 2.75. The van der Waals surface area contributed by atoms with E-state index >= 15 is 0 Å². The summed E-state index contributed by atoms with van der Waals surface area (Å²) in [6, 6.07) is 10.2. The Bertz CT molecular complexity index is 566. The molecule has 2 fully saturated rings. The van der Waals surface area contributed by atoms with Gasteiger partial charge in [-0.25, -0.2) is 0 Å². The highest BCUT2D eigenvalue weighted by Crippen LogP contribution is 2.30. The van der Waals surface area contributed by atoms with E-state index in [1.807, 2.05) is 23.1 Å². The van der Waals surface area contributed by atoms with Crippen molar-refractivity contribution >= 4 is 21.1 Å². The van der Waals surface area contributed by atoms with Crippen LogP contribution in [0.25, 0.3) is 0 Å². The minimum atomic E-state index is -0.566. The van der Waals surface area contributed by atoms with E-state index in [2.05, 4.69) is 31.6 Å². The summed E-state index contributed by atoms with van der Waals surface area (Å²) in [6.45, 7) is 3.36. The molecule has 2 aliphatic rings. The Hall–Kier alpha value is -1.45. The van der Waals surface area contributed by atoms with Crippen LogP contribution in [0.5, 0.6) is 0 Å². The molecule has 2 aliphatic heterocycles. The van der Waals surface area contributed by atoms with Gasteiger partial charge in [0.25, 0.3) is 0 Å². The number of amides is 2. The number of piperazine rings is 1. The first-order valence-electron chi connectivity index (χ1n) is 7.71.